The Morgan fingerprint density at radius 2 is 1.94 bits per heavy atom. The third-order valence-electron chi connectivity index (χ3n) is 3.40. The minimum atomic E-state index is -1.11. The average molecular weight is 253 g/mol. The van der Waals surface area contributed by atoms with E-state index >= 15 is 0 Å². The molecule has 0 aliphatic heterocycles. The van der Waals surface area contributed by atoms with Crippen LogP contribution in [0.25, 0.3) is 0 Å². The van der Waals surface area contributed by atoms with E-state index in [9.17, 15) is 9.18 Å². The van der Waals surface area contributed by atoms with Gasteiger partial charge >= 0.3 is 5.97 Å². The van der Waals surface area contributed by atoms with Gasteiger partial charge in [0, 0.05) is 13.1 Å². The fourth-order valence-corrected chi connectivity index (χ4v) is 1.82. The third-order valence-corrected chi connectivity index (χ3v) is 3.40. The Bertz CT molecular complexity index is 452. The number of hydrogen-bond acceptors (Lipinski definition) is 2. The van der Waals surface area contributed by atoms with Crippen LogP contribution in [-0.4, -0.2) is 24.2 Å². The molecule has 0 radical (unpaired) electrons. The van der Waals surface area contributed by atoms with E-state index in [1.165, 1.54) is 18.2 Å². The minimum absolute atomic E-state index is 0.00593. The number of halogens is 1. The van der Waals surface area contributed by atoms with Gasteiger partial charge < -0.3 is 10.0 Å². The second-order valence-electron chi connectivity index (χ2n) is 5.59. The molecule has 0 aliphatic rings. The summed E-state index contributed by atoms with van der Waals surface area (Å²) in [5.41, 5.74) is 0.0633. The smallest absolute Gasteiger partial charge is 0.337 e. The number of carbonyl (C=O) groups is 1. The lowest BCUT2D eigenvalue weighted by Crippen LogP contribution is -2.40. The lowest BCUT2D eigenvalue weighted by molar-refractivity contribution is 0.0696. The van der Waals surface area contributed by atoms with E-state index in [2.05, 4.69) is 0 Å². The maximum atomic E-state index is 13.9. The highest BCUT2D eigenvalue weighted by molar-refractivity contribution is 5.94. The molecule has 0 spiro atoms. The molecule has 0 amide bonds. The lowest BCUT2D eigenvalue weighted by Gasteiger charge is -2.37. The molecule has 0 heterocycles. The second kappa shape index (κ2) is 4.96. The highest BCUT2D eigenvalue weighted by Gasteiger charge is 2.28. The number of para-hydroxylation sites is 1. The van der Waals surface area contributed by atoms with Crippen LogP contribution in [-0.2, 0) is 0 Å². The van der Waals surface area contributed by atoms with Gasteiger partial charge in [-0.2, -0.15) is 0 Å². The van der Waals surface area contributed by atoms with Crippen molar-refractivity contribution in [2.75, 3.05) is 11.9 Å². The van der Waals surface area contributed by atoms with Gasteiger partial charge in [-0.25, -0.2) is 9.18 Å². The van der Waals surface area contributed by atoms with Gasteiger partial charge in [-0.3, -0.25) is 0 Å². The number of carboxylic acids is 1. The highest BCUT2D eigenvalue weighted by atomic mass is 19.1. The number of anilines is 1. The van der Waals surface area contributed by atoms with Crippen molar-refractivity contribution in [1.82, 2.24) is 0 Å². The maximum Gasteiger partial charge on any atom is 0.337 e. The first-order valence-electron chi connectivity index (χ1n) is 5.91. The quantitative estimate of drug-likeness (QED) is 0.897. The largest absolute Gasteiger partial charge is 0.478 e. The van der Waals surface area contributed by atoms with Gasteiger partial charge in [-0.15, -0.1) is 0 Å². The van der Waals surface area contributed by atoms with Crippen LogP contribution in [0, 0.1) is 11.2 Å². The van der Waals surface area contributed by atoms with E-state index < -0.39 is 11.8 Å². The van der Waals surface area contributed by atoms with Gasteiger partial charge in [-0.05, 0) is 24.5 Å². The van der Waals surface area contributed by atoms with Gasteiger partial charge in [0.05, 0.1) is 11.3 Å². The summed E-state index contributed by atoms with van der Waals surface area (Å²) < 4.78 is 13.9. The maximum absolute atomic E-state index is 13.9. The predicted molar refractivity (Wildman–Crippen MR) is 70.7 cm³/mol. The van der Waals surface area contributed by atoms with Crippen molar-refractivity contribution in [3.8, 4) is 0 Å². The molecule has 0 saturated carbocycles. The van der Waals surface area contributed by atoms with Crippen LogP contribution in [0.3, 0.4) is 0 Å². The Labute approximate surface area is 107 Å². The van der Waals surface area contributed by atoms with Crippen molar-refractivity contribution in [2.45, 2.75) is 33.7 Å². The number of hydrogen-bond donors (Lipinski definition) is 1. The fourth-order valence-electron chi connectivity index (χ4n) is 1.82. The number of aromatic carboxylic acids is 1. The first-order chi connectivity index (χ1) is 8.16. The van der Waals surface area contributed by atoms with Crippen molar-refractivity contribution in [3.05, 3.63) is 29.6 Å². The number of rotatable bonds is 3. The lowest BCUT2D eigenvalue weighted by atomic mass is 9.86. The van der Waals surface area contributed by atoms with Gasteiger partial charge in [0.25, 0.3) is 0 Å². The molecule has 0 saturated heterocycles. The van der Waals surface area contributed by atoms with E-state index in [1.54, 1.807) is 11.9 Å². The summed E-state index contributed by atoms with van der Waals surface area (Å²) in [5, 5.41) is 9.13. The summed E-state index contributed by atoms with van der Waals surface area (Å²) in [5.74, 6) is -1.62. The van der Waals surface area contributed by atoms with Gasteiger partial charge in [-0.1, -0.05) is 26.8 Å². The number of carboxylic acid groups (broad SMARTS) is 1. The van der Waals surface area contributed by atoms with Gasteiger partial charge in [0.2, 0.25) is 0 Å². The Hall–Kier alpha value is -1.58. The molecular weight excluding hydrogens is 233 g/mol. The summed E-state index contributed by atoms with van der Waals surface area (Å²) in [7, 11) is 1.72. The van der Waals surface area contributed by atoms with E-state index in [0.29, 0.717) is 0 Å². The van der Waals surface area contributed by atoms with E-state index in [-0.39, 0.29) is 22.7 Å². The first-order valence-corrected chi connectivity index (χ1v) is 5.91. The van der Waals surface area contributed by atoms with Crippen LogP contribution >= 0.6 is 0 Å². The van der Waals surface area contributed by atoms with Gasteiger partial charge in [0.15, 0.2) is 0 Å². The van der Waals surface area contributed by atoms with Crippen LogP contribution in [0.1, 0.15) is 38.1 Å². The number of benzene rings is 1. The molecule has 18 heavy (non-hydrogen) atoms. The summed E-state index contributed by atoms with van der Waals surface area (Å²) in [4.78, 5) is 12.9. The zero-order valence-corrected chi connectivity index (χ0v) is 11.5. The predicted octanol–water partition coefficient (Wildman–Crippen LogP) is 3.39. The van der Waals surface area contributed by atoms with Crippen molar-refractivity contribution >= 4 is 11.7 Å². The summed E-state index contributed by atoms with van der Waals surface area (Å²) in [6.07, 6.45) is 0. The van der Waals surface area contributed by atoms with Crippen LogP contribution in [0.2, 0.25) is 0 Å². The van der Waals surface area contributed by atoms with Crippen molar-refractivity contribution in [2.24, 2.45) is 5.41 Å². The molecule has 3 nitrogen and oxygen atoms in total. The Kier molecular flexibility index (Phi) is 3.99. The van der Waals surface area contributed by atoms with Crippen molar-refractivity contribution < 1.29 is 14.3 Å². The molecule has 4 heteroatoms. The molecule has 1 rings (SSSR count). The molecule has 1 atom stereocenters. The van der Waals surface area contributed by atoms with E-state index in [1.807, 2.05) is 27.7 Å². The molecule has 0 aliphatic carbocycles. The van der Waals surface area contributed by atoms with Crippen LogP contribution in [0.4, 0.5) is 10.1 Å². The standard InChI is InChI=1S/C14H20FNO2/c1-9(14(2,3)4)16(5)12-10(13(17)18)7-6-8-11(12)15/h6-9H,1-5H3,(H,17,18). The van der Waals surface area contributed by atoms with Crippen LogP contribution in [0.5, 0.6) is 0 Å². The monoisotopic (exact) mass is 253 g/mol. The highest BCUT2D eigenvalue weighted by Crippen LogP contribution is 2.31. The molecule has 0 aromatic heterocycles. The molecule has 1 N–H and O–H groups in total. The second-order valence-corrected chi connectivity index (χ2v) is 5.59. The first kappa shape index (κ1) is 14.5. The van der Waals surface area contributed by atoms with Crippen LogP contribution < -0.4 is 4.90 Å². The summed E-state index contributed by atoms with van der Waals surface area (Å²) >= 11 is 0. The average Bonchev–Trinajstić information content (AvgIpc) is 2.25. The fraction of sp³-hybridized carbons (Fsp3) is 0.500. The molecule has 1 unspecified atom stereocenters. The molecular formula is C14H20FNO2. The number of nitrogens with zero attached hydrogens (tertiary/aromatic N) is 1. The van der Waals surface area contributed by atoms with E-state index in [4.69, 9.17) is 5.11 Å². The van der Waals surface area contributed by atoms with Gasteiger partial charge in [0.1, 0.15) is 5.82 Å². The molecule has 0 fully saturated rings. The Morgan fingerprint density at radius 3 is 2.39 bits per heavy atom. The summed E-state index contributed by atoms with van der Waals surface area (Å²) in [6.45, 7) is 8.07. The van der Waals surface area contributed by atoms with E-state index in [0.717, 1.165) is 0 Å². The summed E-state index contributed by atoms with van der Waals surface area (Å²) in [6, 6.07) is 4.13. The molecule has 1 aromatic carbocycles. The topological polar surface area (TPSA) is 40.5 Å². The third kappa shape index (κ3) is 2.81. The minimum Gasteiger partial charge on any atom is -0.478 e. The van der Waals surface area contributed by atoms with Crippen molar-refractivity contribution in [1.29, 1.82) is 0 Å². The van der Waals surface area contributed by atoms with Crippen LogP contribution in [0.15, 0.2) is 18.2 Å². The normalized spacial score (nSPS) is 13.2. The zero-order chi connectivity index (χ0) is 14.1. The Balaban J connectivity index is 3.28. The SMILES string of the molecule is CC(N(C)c1c(F)cccc1C(=O)O)C(C)(C)C. The van der Waals surface area contributed by atoms with Crippen molar-refractivity contribution in [3.63, 3.8) is 0 Å². The molecule has 1 aromatic rings. The Morgan fingerprint density at radius 1 is 1.39 bits per heavy atom. The molecule has 0 bridgehead atoms. The zero-order valence-electron chi connectivity index (χ0n) is 11.5. The molecule has 100 valence electrons.